The maximum Gasteiger partial charge on any atom is 0.345 e. The van der Waals surface area contributed by atoms with Gasteiger partial charge in [0.25, 0.3) is 0 Å². The van der Waals surface area contributed by atoms with Gasteiger partial charge in [0.1, 0.15) is 4.88 Å². The van der Waals surface area contributed by atoms with Gasteiger partial charge in [-0.15, -0.1) is 11.3 Å². The van der Waals surface area contributed by atoms with Gasteiger partial charge < -0.3 is 9.84 Å². The highest BCUT2D eigenvalue weighted by atomic mass is 32.2. The number of carbonyl (C=O) groups is 1. The number of hydrogen-bond acceptors (Lipinski definition) is 5. The Kier molecular flexibility index (Phi) is 4.57. The summed E-state index contributed by atoms with van der Waals surface area (Å²) >= 11 is 1.11. The first kappa shape index (κ1) is 16.9. The van der Waals surface area contributed by atoms with Crippen LogP contribution < -0.4 is 4.72 Å². The van der Waals surface area contributed by atoms with Crippen LogP contribution in [0.15, 0.2) is 29.2 Å². The van der Waals surface area contributed by atoms with E-state index in [-0.39, 0.29) is 16.4 Å². The highest BCUT2D eigenvalue weighted by molar-refractivity contribution is 7.89. The minimum Gasteiger partial charge on any atom is -0.477 e. The summed E-state index contributed by atoms with van der Waals surface area (Å²) in [6, 6.07) is 6.03. The number of nitrogens with one attached hydrogen (secondary N) is 1. The van der Waals surface area contributed by atoms with Gasteiger partial charge in [-0.3, -0.25) is 0 Å². The standard InChI is InChI=1S/C14H17NO5S2/c1-14(2,8-20-3)15-22(18,19)10-4-5-11-9(6-10)7-12(21-11)13(16)17/h4-7,15H,8H2,1-3H3,(H,16,17). The molecule has 0 saturated carbocycles. The third-order valence-corrected chi connectivity index (χ3v) is 5.72. The Morgan fingerprint density at radius 2 is 2.05 bits per heavy atom. The lowest BCUT2D eigenvalue weighted by atomic mass is 10.1. The molecule has 1 heterocycles. The smallest absolute Gasteiger partial charge is 0.345 e. The molecule has 0 atom stereocenters. The lowest BCUT2D eigenvalue weighted by molar-refractivity contribution is 0.0702. The van der Waals surface area contributed by atoms with Gasteiger partial charge in [-0.05, 0) is 43.5 Å². The fraction of sp³-hybridized carbons (Fsp3) is 0.357. The summed E-state index contributed by atoms with van der Waals surface area (Å²) < 4.78 is 33.2. The lowest BCUT2D eigenvalue weighted by Gasteiger charge is -2.24. The zero-order valence-corrected chi connectivity index (χ0v) is 14.0. The van der Waals surface area contributed by atoms with E-state index >= 15 is 0 Å². The minimum atomic E-state index is -3.72. The van der Waals surface area contributed by atoms with Crippen LogP contribution in [0.25, 0.3) is 10.1 Å². The van der Waals surface area contributed by atoms with E-state index in [0.717, 1.165) is 16.0 Å². The van der Waals surface area contributed by atoms with Crippen molar-refractivity contribution in [2.75, 3.05) is 13.7 Å². The molecule has 6 nitrogen and oxygen atoms in total. The number of hydrogen-bond donors (Lipinski definition) is 2. The van der Waals surface area contributed by atoms with Crippen LogP contribution in [0, 0.1) is 0 Å². The maximum atomic E-state index is 12.4. The first-order chi connectivity index (χ1) is 10.1. The highest BCUT2D eigenvalue weighted by Crippen LogP contribution is 2.28. The molecule has 2 aromatic rings. The van der Waals surface area contributed by atoms with Crippen molar-refractivity contribution < 1.29 is 23.1 Å². The van der Waals surface area contributed by atoms with E-state index in [9.17, 15) is 13.2 Å². The summed E-state index contributed by atoms with van der Waals surface area (Å²) in [7, 11) is -2.21. The van der Waals surface area contributed by atoms with E-state index in [0.29, 0.717) is 5.39 Å². The number of thiophene rings is 1. The van der Waals surface area contributed by atoms with Gasteiger partial charge in [-0.1, -0.05) is 0 Å². The van der Waals surface area contributed by atoms with Crippen LogP contribution >= 0.6 is 11.3 Å². The van der Waals surface area contributed by atoms with Crippen molar-refractivity contribution >= 4 is 37.4 Å². The molecule has 0 radical (unpaired) electrons. The molecule has 0 saturated heterocycles. The van der Waals surface area contributed by atoms with Crippen molar-refractivity contribution in [2.45, 2.75) is 24.3 Å². The number of benzene rings is 1. The van der Waals surface area contributed by atoms with Gasteiger partial charge in [0, 0.05) is 11.8 Å². The molecule has 0 bridgehead atoms. The number of ether oxygens (including phenoxy) is 1. The van der Waals surface area contributed by atoms with Gasteiger partial charge in [0.2, 0.25) is 10.0 Å². The topological polar surface area (TPSA) is 92.7 Å². The summed E-state index contributed by atoms with van der Waals surface area (Å²) in [6.45, 7) is 3.68. The van der Waals surface area contributed by atoms with Crippen molar-refractivity contribution in [3.8, 4) is 0 Å². The van der Waals surface area contributed by atoms with E-state index in [1.165, 1.54) is 25.3 Å². The molecule has 22 heavy (non-hydrogen) atoms. The molecule has 0 aliphatic heterocycles. The second kappa shape index (κ2) is 5.96. The van der Waals surface area contributed by atoms with Gasteiger partial charge in [-0.25, -0.2) is 17.9 Å². The van der Waals surface area contributed by atoms with Crippen molar-refractivity contribution in [2.24, 2.45) is 0 Å². The second-order valence-electron chi connectivity index (χ2n) is 5.54. The Morgan fingerprint density at radius 1 is 1.36 bits per heavy atom. The lowest BCUT2D eigenvalue weighted by Crippen LogP contribution is -2.46. The molecule has 1 aromatic carbocycles. The molecule has 0 aliphatic carbocycles. The van der Waals surface area contributed by atoms with Crippen LogP contribution in [-0.2, 0) is 14.8 Å². The zero-order valence-electron chi connectivity index (χ0n) is 12.4. The SMILES string of the molecule is COCC(C)(C)NS(=O)(=O)c1ccc2sc(C(=O)O)cc2c1. The van der Waals surface area contributed by atoms with Gasteiger partial charge in [0.15, 0.2) is 0 Å². The number of fused-ring (bicyclic) bond motifs is 1. The molecule has 0 unspecified atom stereocenters. The Labute approximate surface area is 132 Å². The van der Waals surface area contributed by atoms with Gasteiger partial charge >= 0.3 is 5.97 Å². The molecule has 0 amide bonds. The second-order valence-corrected chi connectivity index (χ2v) is 8.30. The predicted octanol–water partition coefficient (Wildman–Crippen LogP) is 2.30. The van der Waals surface area contributed by atoms with E-state index in [1.807, 2.05) is 0 Å². The number of sulfonamides is 1. The molecule has 0 spiro atoms. The van der Waals surface area contributed by atoms with Crippen molar-refractivity contribution in [3.63, 3.8) is 0 Å². The van der Waals surface area contributed by atoms with Crippen LogP contribution in [0.5, 0.6) is 0 Å². The Bertz CT molecular complexity index is 808. The highest BCUT2D eigenvalue weighted by Gasteiger charge is 2.26. The fourth-order valence-electron chi connectivity index (χ4n) is 2.11. The summed E-state index contributed by atoms with van der Waals surface area (Å²) in [5, 5.41) is 9.59. The monoisotopic (exact) mass is 343 g/mol. The first-order valence-electron chi connectivity index (χ1n) is 6.44. The predicted molar refractivity (Wildman–Crippen MR) is 85.1 cm³/mol. The molecule has 2 rings (SSSR count). The summed E-state index contributed by atoms with van der Waals surface area (Å²) in [4.78, 5) is 11.3. The van der Waals surface area contributed by atoms with Gasteiger partial charge in [0.05, 0.1) is 17.0 Å². The molecule has 2 N–H and O–H groups in total. The van der Waals surface area contributed by atoms with Crippen LogP contribution in [0.2, 0.25) is 0 Å². The third-order valence-electron chi connectivity index (χ3n) is 2.92. The average Bonchev–Trinajstić information content (AvgIpc) is 2.80. The third kappa shape index (κ3) is 3.64. The quantitative estimate of drug-likeness (QED) is 0.839. The summed E-state index contributed by atoms with van der Waals surface area (Å²) in [5.74, 6) is -1.02. The summed E-state index contributed by atoms with van der Waals surface area (Å²) in [6.07, 6.45) is 0. The van der Waals surface area contributed by atoms with E-state index in [2.05, 4.69) is 4.72 Å². The Hall–Kier alpha value is -1.48. The molecular weight excluding hydrogens is 326 g/mol. The Morgan fingerprint density at radius 3 is 2.64 bits per heavy atom. The fourth-order valence-corrected chi connectivity index (χ4v) is 4.42. The number of methoxy groups -OCH3 is 1. The molecular formula is C14H17NO5S2. The normalized spacial score (nSPS) is 12.7. The molecule has 0 fully saturated rings. The van der Waals surface area contributed by atoms with Crippen molar-refractivity contribution in [1.29, 1.82) is 0 Å². The number of rotatable bonds is 6. The van der Waals surface area contributed by atoms with Gasteiger partial charge in [-0.2, -0.15) is 0 Å². The molecule has 8 heteroatoms. The Balaban J connectivity index is 2.39. The van der Waals surface area contributed by atoms with Crippen LogP contribution in [0.3, 0.4) is 0 Å². The molecule has 120 valence electrons. The number of carboxylic acid groups (broad SMARTS) is 1. The summed E-state index contributed by atoms with van der Waals surface area (Å²) in [5.41, 5.74) is -0.747. The van der Waals surface area contributed by atoms with E-state index in [1.54, 1.807) is 19.9 Å². The van der Waals surface area contributed by atoms with Crippen molar-refractivity contribution in [1.82, 2.24) is 4.72 Å². The maximum absolute atomic E-state index is 12.4. The average molecular weight is 343 g/mol. The zero-order chi connectivity index (χ0) is 16.5. The number of carboxylic acids is 1. The van der Waals surface area contributed by atoms with Crippen LogP contribution in [0.4, 0.5) is 0 Å². The minimum absolute atomic E-state index is 0.0962. The molecule has 1 aromatic heterocycles. The van der Waals surface area contributed by atoms with E-state index < -0.39 is 21.5 Å². The van der Waals surface area contributed by atoms with Crippen molar-refractivity contribution in [3.05, 3.63) is 29.1 Å². The largest absolute Gasteiger partial charge is 0.477 e. The first-order valence-corrected chi connectivity index (χ1v) is 8.74. The van der Waals surface area contributed by atoms with E-state index in [4.69, 9.17) is 9.84 Å². The molecule has 0 aliphatic rings. The number of aromatic carboxylic acids is 1. The van der Waals surface area contributed by atoms with Crippen LogP contribution in [0.1, 0.15) is 23.5 Å². The van der Waals surface area contributed by atoms with Crippen LogP contribution in [-0.4, -0.2) is 38.7 Å².